The van der Waals surface area contributed by atoms with Crippen molar-refractivity contribution in [3.8, 4) is 11.1 Å². The molecule has 126 valence electrons. The minimum absolute atomic E-state index is 0.00731. The van der Waals surface area contributed by atoms with Crippen molar-refractivity contribution in [1.29, 1.82) is 0 Å². The Hall–Kier alpha value is -2.27. The summed E-state index contributed by atoms with van der Waals surface area (Å²) in [4.78, 5) is 17.9. The molecule has 1 aromatic carbocycles. The van der Waals surface area contributed by atoms with Gasteiger partial charge < -0.3 is 5.73 Å². The lowest BCUT2D eigenvalue weighted by molar-refractivity contribution is -0.123. The van der Waals surface area contributed by atoms with Gasteiger partial charge in [0.2, 0.25) is 5.91 Å². The van der Waals surface area contributed by atoms with Gasteiger partial charge in [-0.05, 0) is 67.7 Å². The number of nitrogens with two attached hydrogens (primary N) is 1. The van der Waals surface area contributed by atoms with Crippen LogP contribution < -0.4 is 5.73 Å². The molecule has 5 heteroatoms. The molecule has 1 saturated heterocycles. The fourth-order valence-electron chi connectivity index (χ4n) is 3.19. The van der Waals surface area contributed by atoms with Gasteiger partial charge in [-0.25, -0.2) is 4.39 Å². The standard InChI is InChI=1S/C19H22FN3O/c1-13-8-16(2-3-18(13)20)17-9-14(10-22-11-17)12-23-6-4-15(5-7-23)19(21)24/h2-3,8-11,15H,4-7,12H2,1H3,(H2,21,24). The fraction of sp³-hybridized carbons (Fsp3) is 0.368. The van der Waals surface area contributed by atoms with Crippen LogP contribution in [0.25, 0.3) is 11.1 Å². The summed E-state index contributed by atoms with van der Waals surface area (Å²) < 4.78 is 13.4. The molecular formula is C19H22FN3O. The topological polar surface area (TPSA) is 59.2 Å². The van der Waals surface area contributed by atoms with E-state index in [4.69, 9.17) is 5.73 Å². The molecular weight excluding hydrogens is 305 g/mol. The lowest BCUT2D eigenvalue weighted by Crippen LogP contribution is -2.38. The minimum atomic E-state index is -0.194. The van der Waals surface area contributed by atoms with E-state index in [0.29, 0.717) is 5.56 Å². The summed E-state index contributed by atoms with van der Waals surface area (Å²) in [6, 6.07) is 7.21. The first-order valence-electron chi connectivity index (χ1n) is 8.25. The Morgan fingerprint density at radius 2 is 2.00 bits per heavy atom. The molecule has 24 heavy (non-hydrogen) atoms. The first kappa shape index (κ1) is 16.6. The number of benzene rings is 1. The van der Waals surface area contributed by atoms with Gasteiger partial charge in [0.25, 0.3) is 0 Å². The summed E-state index contributed by atoms with van der Waals surface area (Å²) in [6.45, 7) is 4.30. The van der Waals surface area contributed by atoms with Gasteiger partial charge in [-0.15, -0.1) is 0 Å². The largest absolute Gasteiger partial charge is 0.369 e. The summed E-state index contributed by atoms with van der Waals surface area (Å²) in [5.74, 6) is -0.377. The molecule has 1 aromatic heterocycles. The maximum Gasteiger partial charge on any atom is 0.220 e. The molecule has 0 spiro atoms. The third-order valence-electron chi connectivity index (χ3n) is 4.68. The summed E-state index contributed by atoms with van der Waals surface area (Å²) in [6.07, 6.45) is 5.30. The van der Waals surface area contributed by atoms with Crippen molar-refractivity contribution in [3.05, 3.63) is 53.6 Å². The quantitative estimate of drug-likeness (QED) is 0.939. The van der Waals surface area contributed by atoms with Crippen LogP contribution in [-0.2, 0) is 11.3 Å². The van der Waals surface area contributed by atoms with Crippen molar-refractivity contribution >= 4 is 5.91 Å². The van der Waals surface area contributed by atoms with Crippen molar-refractivity contribution in [1.82, 2.24) is 9.88 Å². The van der Waals surface area contributed by atoms with Gasteiger partial charge in [-0.2, -0.15) is 0 Å². The smallest absolute Gasteiger partial charge is 0.220 e. The predicted octanol–water partition coefficient (Wildman–Crippen LogP) is 2.89. The summed E-state index contributed by atoms with van der Waals surface area (Å²) in [5, 5.41) is 0. The van der Waals surface area contributed by atoms with Crippen LogP contribution in [0, 0.1) is 18.7 Å². The van der Waals surface area contributed by atoms with Crippen LogP contribution in [-0.4, -0.2) is 28.9 Å². The van der Waals surface area contributed by atoms with Crippen molar-refractivity contribution in [2.75, 3.05) is 13.1 Å². The summed E-state index contributed by atoms with van der Waals surface area (Å²) in [5.41, 5.74) is 9.08. The van der Waals surface area contributed by atoms with Gasteiger partial charge in [0.1, 0.15) is 5.82 Å². The SMILES string of the molecule is Cc1cc(-c2cncc(CN3CCC(C(N)=O)CC3)c2)ccc1F. The van der Waals surface area contributed by atoms with Crippen LogP contribution in [0.3, 0.4) is 0 Å². The van der Waals surface area contributed by atoms with Crippen LogP contribution in [0.1, 0.15) is 24.0 Å². The first-order chi connectivity index (χ1) is 11.5. The normalized spacial score (nSPS) is 16.2. The van der Waals surface area contributed by atoms with E-state index in [-0.39, 0.29) is 17.6 Å². The maximum absolute atomic E-state index is 13.4. The molecule has 1 amide bonds. The molecule has 0 saturated carbocycles. The number of primary amides is 1. The molecule has 2 aromatic rings. The average Bonchev–Trinajstić information content (AvgIpc) is 2.58. The molecule has 2 N–H and O–H groups in total. The van der Waals surface area contributed by atoms with Gasteiger partial charge >= 0.3 is 0 Å². The van der Waals surface area contributed by atoms with Crippen molar-refractivity contribution in [2.45, 2.75) is 26.3 Å². The molecule has 4 nitrogen and oxygen atoms in total. The Bertz CT molecular complexity index is 739. The molecule has 0 bridgehead atoms. The molecule has 3 rings (SSSR count). The molecule has 0 radical (unpaired) electrons. The highest BCUT2D eigenvalue weighted by Gasteiger charge is 2.23. The van der Waals surface area contributed by atoms with E-state index in [1.165, 1.54) is 6.07 Å². The van der Waals surface area contributed by atoms with Crippen LogP contribution in [0.4, 0.5) is 4.39 Å². The number of aryl methyl sites for hydroxylation is 1. The summed E-state index contributed by atoms with van der Waals surface area (Å²) >= 11 is 0. The van der Waals surface area contributed by atoms with Crippen molar-refractivity contribution < 1.29 is 9.18 Å². The van der Waals surface area contributed by atoms with E-state index in [2.05, 4.69) is 16.0 Å². The Morgan fingerprint density at radius 3 is 2.67 bits per heavy atom. The zero-order valence-corrected chi connectivity index (χ0v) is 13.8. The molecule has 2 heterocycles. The van der Waals surface area contributed by atoms with Crippen LogP contribution in [0.2, 0.25) is 0 Å². The number of nitrogens with zero attached hydrogens (tertiary/aromatic N) is 2. The molecule has 0 aliphatic carbocycles. The number of hydrogen-bond donors (Lipinski definition) is 1. The second kappa shape index (κ2) is 7.09. The van der Waals surface area contributed by atoms with Gasteiger partial charge in [-0.3, -0.25) is 14.7 Å². The average molecular weight is 327 g/mol. The zero-order valence-electron chi connectivity index (χ0n) is 13.8. The van der Waals surface area contributed by atoms with Gasteiger partial charge in [0.15, 0.2) is 0 Å². The Labute approximate surface area is 141 Å². The van der Waals surface area contributed by atoms with E-state index in [1.807, 2.05) is 12.3 Å². The third-order valence-corrected chi connectivity index (χ3v) is 4.68. The predicted molar refractivity (Wildman–Crippen MR) is 91.6 cm³/mol. The van der Waals surface area contributed by atoms with Crippen LogP contribution >= 0.6 is 0 Å². The number of carbonyl (C=O) groups is 1. The van der Waals surface area contributed by atoms with Gasteiger partial charge in [0, 0.05) is 30.4 Å². The number of carbonyl (C=O) groups excluding carboxylic acids is 1. The molecule has 1 aliphatic heterocycles. The third kappa shape index (κ3) is 3.79. The number of amides is 1. The number of aromatic nitrogens is 1. The van der Waals surface area contributed by atoms with Gasteiger partial charge in [0.05, 0.1) is 0 Å². The first-order valence-corrected chi connectivity index (χ1v) is 8.25. The maximum atomic E-state index is 13.4. The minimum Gasteiger partial charge on any atom is -0.369 e. The highest BCUT2D eigenvalue weighted by Crippen LogP contribution is 2.23. The van der Waals surface area contributed by atoms with Crippen LogP contribution in [0.15, 0.2) is 36.7 Å². The lowest BCUT2D eigenvalue weighted by atomic mass is 9.96. The highest BCUT2D eigenvalue weighted by molar-refractivity contribution is 5.76. The van der Waals surface area contributed by atoms with E-state index in [0.717, 1.165) is 49.2 Å². The number of piperidine rings is 1. The molecule has 0 unspecified atom stereocenters. The second-order valence-electron chi connectivity index (χ2n) is 6.50. The molecule has 1 aliphatic rings. The fourth-order valence-corrected chi connectivity index (χ4v) is 3.19. The second-order valence-corrected chi connectivity index (χ2v) is 6.50. The summed E-state index contributed by atoms with van der Waals surface area (Å²) in [7, 11) is 0. The Morgan fingerprint density at radius 1 is 1.25 bits per heavy atom. The van der Waals surface area contributed by atoms with E-state index in [1.54, 1.807) is 19.2 Å². The molecule has 1 fully saturated rings. The molecule has 0 atom stereocenters. The Balaban J connectivity index is 1.70. The van der Waals surface area contributed by atoms with E-state index < -0.39 is 0 Å². The van der Waals surface area contributed by atoms with Crippen molar-refractivity contribution in [3.63, 3.8) is 0 Å². The van der Waals surface area contributed by atoms with Gasteiger partial charge in [-0.1, -0.05) is 6.07 Å². The Kier molecular flexibility index (Phi) is 4.90. The number of pyridine rings is 1. The van der Waals surface area contributed by atoms with Crippen LogP contribution in [0.5, 0.6) is 0 Å². The van der Waals surface area contributed by atoms with E-state index >= 15 is 0 Å². The lowest BCUT2D eigenvalue weighted by Gasteiger charge is -2.30. The van der Waals surface area contributed by atoms with E-state index in [9.17, 15) is 9.18 Å². The number of likely N-dealkylation sites (tertiary alicyclic amines) is 1. The zero-order chi connectivity index (χ0) is 17.1. The van der Waals surface area contributed by atoms with Crippen molar-refractivity contribution in [2.24, 2.45) is 11.7 Å². The monoisotopic (exact) mass is 327 g/mol. The number of hydrogen-bond acceptors (Lipinski definition) is 3. The number of rotatable bonds is 4. The highest BCUT2D eigenvalue weighted by atomic mass is 19.1. The number of halogens is 1.